The molecule has 11 rings (SSSR count). The first-order chi connectivity index (χ1) is 28.9. The van der Waals surface area contributed by atoms with Gasteiger partial charge in [-0.3, -0.25) is 0 Å². The molecule has 0 saturated carbocycles. The molecule has 0 saturated heterocycles. The molecule has 0 spiro atoms. The fourth-order valence-corrected chi connectivity index (χ4v) is 8.74. The van der Waals surface area contributed by atoms with Crippen LogP contribution in [0.4, 0.5) is 0 Å². The van der Waals surface area contributed by atoms with Gasteiger partial charge in [-0.25, -0.2) is 0 Å². The van der Waals surface area contributed by atoms with Crippen LogP contribution in [-0.4, -0.2) is 0 Å². The Balaban J connectivity index is 1.28. The van der Waals surface area contributed by atoms with E-state index in [1.54, 1.807) is 6.07 Å². The lowest BCUT2D eigenvalue weighted by Crippen LogP contribution is -2.14. The number of hydrogen-bond acceptors (Lipinski definition) is 1. The molecule has 0 N–H and O–H groups in total. The van der Waals surface area contributed by atoms with E-state index in [2.05, 4.69) is 50.2 Å². The third-order valence-electron chi connectivity index (χ3n) is 11.1. The second-order valence-corrected chi connectivity index (χ2v) is 14.2. The third kappa shape index (κ3) is 4.05. The number of hydrogen-bond donors (Lipinski definition) is 0. The molecule has 0 fully saturated rings. The van der Waals surface area contributed by atoms with Crippen LogP contribution in [-0.2, 0) is 5.41 Å². The van der Waals surface area contributed by atoms with Crippen LogP contribution in [0.3, 0.4) is 0 Å². The molecule has 10 aromatic rings. The van der Waals surface area contributed by atoms with Crippen molar-refractivity contribution < 1.29 is 15.4 Å². The van der Waals surface area contributed by atoms with E-state index >= 15 is 0 Å². The maximum Gasteiger partial charge on any atom is 0.136 e. The Morgan fingerprint density at radius 3 is 1.81 bits per heavy atom. The quantitative estimate of drug-likeness (QED) is 0.171. The first-order valence-corrected chi connectivity index (χ1v) is 17.5. The van der Waals surface area contributed by atoms with Crippen LogP contribution in [0, 0.1) is 0 Å². The summed E-state index contributed by atoms with van der Waals surface area (Å²) in [5.74, 6) is 0. The molecular weight excluding hydrogens is 629 g/mol. The van der Waals surface area contributed by atoms with Crippen LogP contribution in [0.2, 0.25) is 0 Å². The van der Waals surface area contributed by atoms with Crippen molar-refractivity contribution in [3.63, 3.8) is 0 Å². The number of fused-ring (bicyclic) bond motifs is 10. The highest BCUT2D eigenvalue weighted by atomic mass is 16.3. The van der Waals surface area contributed by atoms with Gasteiger partial charge in [-0.05, 0) is 112 Å². The van der Waals surface area contributed by atoms with Crippen molar-refractivity contribution in [2.45, 2.75) is 19.3 Å². The average molecular weight is 671 g/mol. The van der Waals surface area contributed by atoms with Crippen molar-refractivity contribution in [3.05, 3.63) is 181 Å². The van der Waals surface area contributed by atoms with E-state index in [4.69, 9.17) is 9.90 Å². The molecule has 0 bridgehead atoms. The highest BCUT2D eigenvalue weighted by Crippen LogP contribution is 2.52. The molecule has 0 atom stereocenters. The van der Waals surface area contributed by atoms with Crippen LogP contribution in [0.15, 0.2) is 174 Å². The monoisotopic (exact) mass is 670 g/mol. The van der Waals surface area contributed by atoms with Crippen LogP contribution >= 0.6 is 0 Å². The second-order valence-electron chi connectivity index (χ2n) is 14.2. The Labute approximate surface area is 313 Å². The van der Waals surface area contributed by atoms with Gasteiger partial charge in [0.2, 0.25) is 0 Å². The minimum Gasteiger partial charge on any atom is -0.456 e. The maximum atomic E-state index is 9.52. The van der Waals surface area contributed by atoms with Gasteiger partial charge in [-0.1, -0.05) is 159 Å². The number of rotatable bonds is 3. The molecule has 0 unspecified atom stereocenters. The molecule has 1 aliphatic rings. The fraction of sp³-hybridized carbons (Fsp3) is 0.0588. The maximum absolute atomic E-state index is 9.52. The van der Waals surface area contributed by atoms with Gasteiger partial charge < -0.3 is 4.42 Å². The second kappa shape index (κ2) is 10.8. The Kier molecular flexibility index (Phi) is 4.64. The summed E-state index contributed by atoms with van der Waals surface area (Å²) < 4.78 is 80.1. The smallest absolute Gasteiger partial charge is 0.136 e. The lowest BCUT2D eigenvalue weighted by atomic mass is 9.82. The summed E-state index contributed by atoms with van der Waals surface area (Å²) in [6.45, 7) is 4.46. The normalized spacial score (nSPS) is 15.5. The van der Waals surface area contributed by atoms with E-state index in [-0.39, 0.29) is 51.1 Å². The van der Waals surface area contributed by atoms with Gasteiger partial charge in [0.1, 0.15) is 11.2 Å². The summed E-state index contributed by atoms with van der Waals surface area (Å²) in [6, 6.07) is 37.1. The predicted octanol–water partition coefficient (Wildman–Crippen LogP) is 14.4. The molecule has 0 radical (unpaired) electrons. The largest absolute Gasteiger partial charge is 0.456 e. The highest BCUT2D eigenvalue weighted by Gasteiger charge is 2.36. The van der Waals surface area contributed by atoms with E-state index in [1.165, 1.54) is 11.1 Å². The van der Waals surface area contributed by atoms with Gasteiger partial charge in [0.25, 0.3) is 0 Å². The SMILES string of the molecule is [2H]c1c([2H])c([2H])c2c(-c3ccc4oc5ccc6ccccc6c5c4c3)c3c([2H])c([2H])c([2H])c([2H])c3c(-c3cccc(-c4cccc5c4-c4ccccc4C5(C)C)c3)c2c1[2H]. The van der Waals surface area contributed by atoms with Gasteiger partial charge in [0.05, 0.1) is 11.0 Å². The zero-order chi connectivity index (χ0) is 41.5. The van der Waals surface area contributed by atoms with E-state index in [0.29, 0.717) is 33.4 Å². The molecule has 0 aliphatic heterocycles. The van der Waals surface area contributed by atoms with Gasteiger partial charge >= 0.3 is 0 Å². The van der Waals surface area contributed by atoms with Gasteiger partial charge in [0.15, 0.2) is 0 Å². The molecule has 1 nitrogen and oxygen atoms in total. The molecule has 52 heavy (non-hydrogen) atoms. The van der Waals surface area contributed by atoms with Gasteiger partial charge in [0, 0.05) is 16.2 Å². The summed E-state index contributed by atoms with van der Waals surface area (Å²) in [6.07, 6.45) is 0. The Morgan fingerprint density at radius 1 is 0.442 bits per heavy atom. The lowest BCUT2D eigenvalue weighted by molar-refractivity contribution is 0.660. The molecular formula is C51H34O. The predicted molar refractivity (Wildman–Crippen MR) is 220 cm³/mol. The topological polar surface area (TPSA) is 13.1 Å². The van der Waals surface area contributed by atoms with E-state index in [1.807, 2.05) is 78.9 Å². The zero-order valence-electron chi connectivity index (χ0n) is 36.5. The highest BCUT2D eigenvalue weighted by molar-refractivity contribution is 6.24. The molecule has 9 aromatic carbocycles. The molecule has 1 aliphatic carbocycles. The number of benzene rings is 9. The summed E-state index contributed by atoms with van der Waals surface area (Å²) in [5.41, 5.74) is 9.36. The Bertz CT molecular complexity index is 3480. The first-order valence-electron chi connectivity index (χ1n) is 21.5. The zero-order valence-corrected chi connectivity index (χ0v) is 28.5. The lowest BCUT2D eigenvalue weighted by Gasteiger charge is -2.21. The van der Waals surface area contributed by atoms with Crippen molar-refractivity contribution in [1.29, 1.82) is 0 Å². The van der Waals surface area contributed by atoms with E-state index in [0.717, 1.165) is 43.8 Å². The first kappa shape index (κ1) is 22.4. The van der Waals surface area contributed by atoms with Gasteiger partial charge in [-0.15, -0.1) is 0 Å². The molecule has 0 amide bonds. The van der Waals surface area contributed by atoms with Crippen molar-refractivity contribution in [2.24, 2.45) is 0 Å². The fourth-order valence-electron chi connectivity index (χ4n) is 8.74. The van der Waals surface area contributed by atoms with Crippen LogP contribution in [0.5, 0.6) is 0 Å². The summed E-state index contributed by atoms with van der Waals surface area (Å²) in [7, 11) is 0. The van der Waals surface area contributed by atoms with E-state index < -0.39 is 24.2 Å². The van der Waals surface area contributed by atoms with Crippen molar-refractivity contribution >= 4 is 54.3 Å². The Morgan fingerprint density at radius 2 is 1.04 bits per heavy atom. The molecule has 1 heterocycles. The van der Waals surface area contributed by atoms with Crippen LogP contribution < -0.4 is 0 Å². The summed E-state index contributed by atoms with van der Waals surface area (Å²) in [4.78, 5) is 0. The molecule has 1 aromatic heterocycles. The third-order valence-corrected chi connectivity index (χ3v) is 11.1. The van der Waals surface area contributed by atoms with E-state index in [9.17, 15) is 5.48 Å². The van der Waals surface area contributed by atoms with Gasteiger partial charge in [-0.2, -0.15) is 0 Å². The molecule has 244 valence electrons. The number of furan rings is 1. The van der Waals surface area contributed by atoms with Crippen molar-refractivity contribution in [1.82, 2.24) is 0 Å². The standard InChI is InChI=1S/C51H34O/c1-51(2)43-23-10-9-21-41(43)49-36(22-12-24-44(49)51)32-14-11-15-33(29-32)47-37-17-5-7-19-39(37)48(40-20-8-6-18-38(40)47)34-26-27-45-42(30-34)50-35-16-4-3-13-31(35)25-28-46(50)52-45/h3-30H,1-2H3/i5D,6D,7D,8D,17D,18D,19D,20D. The minimum absolute atomic E-state index is 0.173. The summed E-state index contributed by atoms with van der Waals surface area (Å²) >= 11 is 0. The van der Waals surface area contributed by atoms with Crippen molar-refractivity contribution in [3.8, 4) is 44.5 Å². The minimum atomic E-state index is -0.435. The Hall–Kier alpha value is -6.44. The van der Waals surface area contributed by atoms with Crippen LogP contribution in [0.1, 0.15) is 35.9 Å². The van der Waals surface area contributed by atoms with Crippen molar-refractivity contribution in [2.75, 3.05) is 0 Å². The molecule has 1 heteroatoms. The van der Waals surface area contributed by atoms with Crippen LogP contribution in [0.25, 0.3) is 98.8 Å². The average Bonchev–Trinajstić information content (AvgIpc) is 3.76. The summed E-state index contributed by atoms with van der Waals surface area (Å²) in [5, 5.41) is 4.37.